The topological polar surface area (TPSA) is 82.5 Å². The summed E-state index contributed by atoms with van der Waals surface area (Å²) in [5.74, 6) is 0.688. The zero-order chi connectivity index (χ0) is 23.6. The molecule has 1 aromatic rings. The predicted molar refractivity (Wildman–Crippen MR) is 126 cm³/mol. The first-order chi connectivity index (χ1) is 15.7. The van der Waals surface area contributed by atoms with Crippen molar-refractivity contribution in [1.29, 1.82) is 0 Å². The molecule has 0 bridgehead atoms. The Morgan fingerprint density at radius 1 is 1.24 bits per heavy atom. The van der Waals surface area contributed by atoms with E-state index in [0.29, 0.717) is 37.7 Å². The number of esters is 1. The number of aromatic nitrogens is 2. The van der Waals surface area contributed by atoms with E-state index in [9.17, 15) is 9.59 Å². The molecule has 0 unspecified atom stereocenters. The lowest BCUT2D eigenvalue weighted by molar-refractivity contribution is -0.153. The van der Waals surface area contributed by atoms with E-state index in [1.54, 1.807) is 0 Å². The van der Waals surface area contributed by atoms with Crippen LogP contribution in [0.5, 0.6) is 0 Å². The highest BCUT2D eigenvalue weighted by Gasteiger charge is 2.40. The Hall–Kier alpha value is -1.89. The normalized spacial score (nSPS) is 25.3. The van der Waals surface area contributed by atoms with E-state index in [2.05, 4.69) is 26.1 Å². The summed E-state index contributed by atoms with van der Waals surface area (Å²) in [4.78, 5) is 25.7. The molecule has 3 aliphatic rings. The number of ether oxygens (including phenoxy) is 2. The zero-order valence-corrected chi connectivity index (χ0v) is 20.9. The SMILES string of the molecule is CCn1nc(CC(C)(C)COC(=O)C2CCC(C)CC2)c2c1C(=O)NCC1(CCOCC1)C2. The number of nitrogens with one attached hydrogen (secondary N) is 1. The van der Waals surface area contributed by atoms with E-state index in [1.807, 2.05) is 11.6 Å². The minimum atomic E-state index is -0.260. The molecule has 7 heteroatoms. The van der Waals surface area contributed by atoms with Gasteiger partial charge < -0.3 is 14.8 Å². The first-order valence-electron chi connectivity index (χ1n) is 12.8. The van der Waals surface area contributed by atoms with Crippen molar-refractivity contribution in [3.63, 3.8) is 0 Å². The lowest BCUT2D eigenvalue weighted by Gasteiger charge is -2.36. The highest BCUT2D eigenvalue weighted by Crippen LogP contribution is 2.39. The summed E-state index contributed by atoms with van der Waals surface area (Å²) in [5.41, 5.74) is 2.53. The maximum atomic E-state index is 13.0. The van der Waals surface area contributed by atoms with Crippen molar-refractivity contribution < 1.29 is 19.1 Å². The van der Waals surface area contributed by atoms with Gasteiger partial charge in [-0.3, -0.25) is 14.3 Å². The summed E-state index contributed by atoms with van der Waals surface area (Å²) in [6.45, 7) is 11.7. The quantitative estimate of drug-likeness (QED) is 0.652. The van der Waals surface area contributed by atoms with E-state index < -0.39 is 0 Å². The van der Waals surface area contributed by atoms with Crippen LogP contribution >= 0.6 is 0 Å². The van der Waals surface area contributed by atoms with Gasteiger partial charge in [0.05, 0.1) is 18.2 Å². The number of aryl methyl sites for hydroxylation is 1. The van der Waals surface area contributed by atoms with Gasteiger partial charge in [0.2, 0.25) is 0 Å². The Labute approximate surface area is 198 Å². The Kier molecular flexibility index (Phi) is 7.18. The van der Waals surface area contributed by atoms with Crippen LogP contribution in [0.4, 0.5) is 0 Å². The van der Waals surface area contributed by atoms with Crippen molar-refractivity contribution in [3.8, 4) is 0 Å². The summed E-state index contributed by atoms with van der Waals surface area (Å²) >= 11 is 0. The summed E-state index contributed by atoms with van der Waals surface area (Å²) < 4.78 is 13.3. The maximum Gasteiger partial charge on any atom is 0.308 e. The van der Waals surface area contributed by atoms with E-state index in [1.165, 1.54) is 0 Å². The second-order valence-corrected chi connectivity index (χ2v) is 11.5. The summed E-state index contributed by atoms with van der Waals surface area (Å²) in [7, 11) is 0. The van der Waals surface area contributed by atoms with Gasteiger partial charge in [0.15, 0.2) is 0 Å². The summed E-state index contributed by atoms with van der Waals surface area (Å²) in [6, 6.07) is 0. The number of amides is 1. The number of carbonyl (C=O) groups excluding carboxylic acids is 2. The van der Waals surface area contributed by atoms with Crippen LogP contribution in [0, 0.1) is 22.7 Å². The molecule has 0 atom stereocenters. The molecule has 7 nitrogen and oxygen atoms in total. The van der Waals surface area contributed by atoms with Crippen molar-refractivity contribution in [2.75, 3.05) is 26.4 Å². The second-order valence-electron chi connectivity index (χ2n) is 11.5. The van der Waals surface area contributed by atoms with Gasteiger partial charge in [0.25, 0.3) is 5.91 Å². The van der Waals surface area contributed by atoms with Crippen LogP contribution < -0.4 is 5.32 Å². The van der Waals surface area contributed by atoms with Crippen molar-refractivity contribution in [3.05, 3.63) is 17.0 Å². The molecule has 4 rings (SSSR count). The maximum absolute atomic E-state index is 13.0. The van der Waals surface area contributed by atoms with Crippen molar-refractivity contribution in [2.45, 2.75) is 85.6 Å². The molecule has 1 aromatic heterocycles. The molecular weight excluding hydrogens is 418 g/mol. The molecule has 2 fully saturated rings. The number of nitrogens with zero attached hydrogens (tertiary/aromatic N) is 2. The highest BCUT2D eigenvalue weighted by molar-refractivity contribution is 5.94. The van der Waals surface area contributed by atoms with Gasteiger partial charge in [-0.15, -0.1) is 0 Å². The van der Waals surface area contributed by atoms with Crippen LogP contribution in [0.2, 0.25) is 0 Å². The third kappa shape index (κ3) is 5.44. The lowest BCUT2D eigenvalue weighted by atomic mass is 9.74. The molecule has 1 amide bonds. The molecule has 1 N–H and O–H groups in total. The number of rotatable bonds is 6. The first-order valence-corrected chi connectivity index (χ1v) is 12.8. The van der Waals surface area contributed by atoms with E-state index in [-0.39, 0.29) is 28.6 Å². The molecule has 1 saturated heterocycles. The van der Waals surface area contributed by atoms with E-state index >= 15 is 0 Å². The molecule has 184 valence electrons. The lowest BCUT2D eigenvalue weighted by Crippen LogP contribution is -2.40. The Morgan fingerprint density at radius 2 is 1.94 bits per heavy atom. The van der Waals surface area contributed by atoms with E-state index in [0.717, 1.165) is 69.4 Å². The third-order valence-electron chi connectivity index (χ3n) is 7.98. The van der Waals surface area contributed by atoms with Gasteiger partial charge in [-0.05, 0) is 63.2 Å². The number of hydrogen-bond donors (Lipinski definition) is 1. The highest BCUT2D eigenvalue weighted by atomic mass is 16.5. The average Bonchev–Trinajstić information content (AvgIpc) is 3.05. The van der Waals surface area contributed by atoms with Gasteiger partial charge in [-0.25, -0.2) is 0 Å². The summed E-state index contributed by atoms with van der Waals surface area (Å²) in [5, 5.41) is 8.04. The van der Waals surface area contributed by atoms with Gasteiger partial charge in [-0.1, -0.05) is 20.8 Å². The number of fused-ring (bicyclic) bond motifs is 1. The molecule has 3 heterocycles. The predicted octanol–water partition coefficient (Wildman–Crippen LogP) is 3.92. The van der Waals surface area contributed by atoms with Crippen LogP contribution in [-0.2, 0) is 33.7 Å². The van der Waals surface area contributed by atoms with Gasteiger partial charge in [0.1, 0.15) is 5.69 Å². The molecule has 1 aliphatic carbocycles. The molecular formula is C26H41N3O4. The largest absolute Gasteiger partial charge is 0.465 e. The van der Waals surface area contributed by atoms with Crippen molar-refractivity contribution in [2.24, 2.45) is 22.7 Å². The van der Waals surface area contributed by atoms with E-state index in [4.69, 9.17) is 14.6 Å². The summed E-state index contributed by atoms with van der Waals surface area (Å²) in [6.07, 6.45) is 7.52. The fourth-order valence-corrected chi connectivity index (χ4v) is 5.69. The number of hydrogen-bond acceptors (Lipinski definition) is 5. The Bertz CT molecular complexity index is 861. The zero-order valence-electron chi connectivity index (χ0n) is 20.9. The number of carbonyl (C=O) groups is 2. The molecule has 1 spiro atoms. The van der Waals surface area contributed by atoms with Gasteiger partial charge >= 0.3 is 5.97 Å². The minimum Gasteiger partial charge on any atom is -0.465 e. The third-order valence-corrected chi connectivity index (χ3v) is 7.98. The smallest absolute Gasteiger partial charge is 0.308 e. The second kappa shape index (κ2) is 9.77. The first kappa shape index (κ1) is 24.2. The van der Waals surface area contributed by atoms with Crippen LogP contribution in [0.3, 0.4) is 0 Å². The molecule has 2 aliphatic heterocycles. The van der Waals surface area contributed by atoms with Gasteiger partial charge in [0, 0.05) is 43.7 Å². The standard InChI is InChI=1S/C26H41N3O4/c1-5-29-22-20(14-26(16-27-23(22)30)10-12-32-13-11-26)21(28-29)15-25(3,4)17-33-24(31)19-8-6-18(2)7-9-19/h18-19H,5-17H2,1-4H3,(H,27,30). The minimum absolute atomic E-state index is 0.0234. The molecule has 0 aromatic carbocycles. The van der Waals surface area contributed by atoms with Crippen molar-refractivity contribution in [1.82, 2.24) is 15.1 Å². The fraction of sp³-hybridized carbons (Fsp3) is 0.808. The van der Waals surface area contributed by atoms with Gasteiger partial charge in [-0.2, -0.15) is 5.10 Å². The average molecular weight is 460 g/mol. The molecule has 0 radical (unpaired) electrons. The fourth-order valence-electron chi connectivity index (χ4n) is 5.69. The van der Waals surface area contributed by atoms with Crippen LogP contribution in [0.25, 0.3) is 0 Å². The monoisotopic (exact) mass is 459 g/mol. The van der Waals surface area contributed by atoms with Crippen molar-refractivity contribution >= 4 is 11.9 Å². The Morgan fingerprint density at radius 3 is 2.61 bits per heavy atom. The van der Waals surface area contributed by atoms with Crippen LogP contribution in [-0.4, -0.2) is 48.0 Å². The molecule has 1 saturated carbocycles. The van der Waals surface area contributed by atoms with Crippen LogP contribution in [0.1, 0.15) is 88.0 Å². The Balaban J connectivity index is 1.49. The van der Waals surface area contributed by atoms with Crippen LogP contribution in [0.15, 0.2) is 0 Å². The molecule has 33 heavy (non-hydrogen) atoms.